The van der Waals surface area contributed by atoms with E-state index in [1.807, 2.05) is 25.1 Å². The van der Waals surface area contributed by atoms with Gasteiger partial charge in [0.2, 0.25) is 0 Å². The number of fused-ring (bicyclic) bond motifs is 4. The number of hydrogen-bond acceptors (Lipinski definition) is 6. The van der Waals surface area contributed by atoms with Crippen molar-refractivity contribution in [2.75, 3.05) is 31.1 Å². The Morgan fingerprint density at radius 3 is 2.81 bits per heavy atom. The monoisotopic (exact) mass is 499 g/mol. The molecule has 2 N–H and O–H groups in total. The van der Waals surface area contributed by atoms with Crippen molar-refractivity contribution in [3.63, 3.8) is 0 Å². The number of anilines is 1. The van der Waals surface area contributed by atoms with Crippen LogP contribution in [-0.4, -0.2) is 63.0 Å². The molecule has 1 atom stereocenters. The Balaban J connectivity index is 1.17. The molecule has 0 aliphatic carbocycles. The first-order valence-electron chi connectivity index (χ1n) is 12.8. The van der Waals surface area contributed by atoms with Crippen molar-refractivity contribution >= 4 is 22.5 Å². The van der Waals surface area contributed by atoms with Crippen molar-refractivity contribution in [2.24, 2.45) is 5.73 Å². The third-order valence-electron chi connectivity index (χ3n) is 7.75. The molecule has 1 amide bonds. The van der Waals surface area contributed by atoms with E-state index in [0.29, 0.717) is 18.0 Å². The molecule has 2 aliphatic heterocycles. The Labute approximate surface area is 214 Å². The lowest BCUT2D eigenvalue weighted by Gasteiger charge is -2.41. The van der Waals surface area contributed by atoms with E-state index in [-0.39, 0.29) is 11.5 Å². The predicted octanol–water partition coefficient (Wildman–Crippen LogP) is 3.21. The van der Waals surface area contributed by atoms with Gasteiger partial charge >= 0.3 is 0 Å². The number of nitrogens with zero attached hydrogens (tertiary/aromatic N) is 6. The van der Waals surface area contributed by atoms with Gasteiger partial charge in [0, 0.05) is 55.1 Å². The lowest BCUT2D eigenvalue weighted by atomic mass is 9.94. The number of carbonyl (C=O) groups is 1. The number of nitrogens with two attached hydrogens (primary N) is 1. The maximum atomic E-state index is 14.4. The van der Waals surface area contributed by atoms with E-state index in [9.17, 15) is 9.18 Å². The van der Waals surface area contributed by atoms with Crippen LogP contribution in [0.15, 0.2) is 42.5 Å². The zero-order valence-corrected chi connectivity index (χ0v) is 21.1. The third-order valence-corrected chi connectivity index (χ3v) is 7.75. The van der Waals surface area contributed by atoms with E-state index in [2.05, 4.69) is 44.2 Å². The Morgan fingerprint density at radius 2 is 2.00 bits per heavy atom. The Morgan fingerprint density at radius 1 is 1.14 bits per heavy atom. The highest BCUT2D eigenvalue weighted by Crippen LogP contribution is 2.31. The topological polar surface area (TPSA) is 93.2 Å². The second-order valence-electron chi connectivity index (χ2n) is 10.1. The van der Waals surface area contributed by atoms with Crippen LogP contribution in [0.4, 0.5) is 10.1 Å². The molecule has 0 radical (unpaired) electrons. The van der Waals surface area contributed by atoms with Crippen molar-refractivity contribution < 1.29 is 9.18 Å². The molecule has 37 heavy (non-hydrogen) atoms. The summed E-state index contributed by atoms with van der Waals surface area (Å²) < 4.78 is 16.2. The molecular formula is C28H30FN7O. The summed E-state index contributed by atoms with van der Waals surface area (Å²) in [4.78, 5) is 21.0. The fourth-order valence-corrected chi connectivity index (χ4v) is 5.85. The van der Waals surface area contributed by atoms with Gasteiger partial charge in [0.1, 0.15) is 5.82 Å². The van der Waals surface area contributed by atoms with Crippen molar-refractivity contribution in [1.29, 1.82) is 0 Å². The van der Waals surface area contributed by atoms with Crippen molar-refractivity contribution in [3.8, 4) is 5.69 Å². The molecule has 6 rings (SSSR count). The fraction of sp³-hybridized carbons (Fsp3) is 0.357. The van der Waals surface area contributed by atoms with E-state index in [1.165, 1.54) is 17.2 Å². The van der Waals surface area contributed by atoms with E-state index >= 15 is 0 Å². The molecule has 8 nitrogen and oxygen atoms in total. The van der Waals surface area contributed by atoms with Gasteiger partial charge in [-0.1, -0.05) is 17.3 Å². The average Bonchev–Trinajstić information content (AvgIpc) is 3.32. The molecule has 9 heteroatoms. The van der Waals surface area contributed by atoms with Crippen LogP contribution in [0.1, 0.15) is 39.9 Å². The average molecular weight is 500 g/mol. The highest BCUT2D eigenvalue weighted by molar-refractivity contribution is 5.92. The standard InChI is InChI=1S/C28H30FN7O/c1-17-6-7-22-23(31-17)14-20(29)15-26(22)35-13-12-34(18(2)16-35)11-10-19-4-3-5-24-21(19)8-9-25-27(28(30)37)32-33-36(24)25/h3-7,14-15,18H,8-13,16H2,1-2H3,(H2,30,37)/t18-/m1/s1. The summed E-state index contributed by atoms with van der Waals surface area (Å²) in [6, 6.07) is 13.8. The molecule has 0 bridgehead atoms. The Kier molecular flexibility index (Phi) is 5.87. The lowest BCUT2D eigenvalue weighted by Crippen LogP contribution is -2.52. The van der Waals surface area contributed by atoms with E-state index < -0.39 is 5.91 Å². The molecular weight excluding hydrogens is 469 g/mol. The minimum atomic E-state index is -0.536. The molecule has 4 aromatic rings. The lowest BCUT2D eigenvalue weighted by molar-refractivity contribution is 0.0994. The summed E-state index contributed by atoms with van der Waals surface area (Å²) in [7, 11) is 0. The second kappa shape index (κ2) is 9.23. The van der Waals surface area contributed by atoms with Crippen molar-refractivity contribution in [2.45, 2.75) is 39.2 Å². The molecule has 0 saturated carbocycles. The zero-order valence-electron chi connectivity index (χ0n) is 21.1. The highest BCUT2D eigenvalue weighted by Gasteiger charge is 2.28. The maximum Gasteiger partial charge on any atom is 0.271 e. The zero-order chi connectivity index (χ0) is 25.7. The van der Waals surface area contributed by atoms with Gasteiger partial charge in [-0.2, -0.15) is 0 Å². The molecule has 2 aliphatic rings. The molecule has 1 saturated heterocycles. The summed E-state index contributed by atoms with van der Waals surface area (Å²) in [6.45, 7) is 7.68. The number of aromatic nitrogens is 4. The summed E-state index contributed by atoms with van der Waals surface area (Å²) in [6.07, 6.45) is 2.45. The van der Waals surface area contributed by atoms with Crippen LogP contribution in [0, 0.1) is 12.7 Å². The first kappa shape index (κ1) is 23.5. The van der Waals surface area contributed by atoms with Crippen LogP contribution >= 0.6 is 0 Å². The molecule has 190 valence electrons. The van der Waals surface area contributed by atoms with Crippen LogP contribution in [0.3, 0.4) is 0 Å². The second-order valence-corrected chi connectivity index (χ2v) is 10.1. The van der Waals surface area contributed by atoms with Crippen LogP contribution in [0.25, 0.3) is 16.6 Å². The number of carbonyl (C=O) groups excluding carboxylic acids is 1. The summed E-state index contributed by atoms with van der Waals surface area (Å²) in [5.41, 5.74) is 12.6. The first-order valence-corrected chi connectivity index (χ1v) is 12.8. The predicted molar refractivity (Wildman–Crippen MR) is 141 cm³/mol. The van der Waals surface area contributed by atoms with E-state index in [0.717, 1.165) is 67.2 Å². The Hall–Kier alpha value is -3.85. The molecule has 2 aromatic heterocycles. The fourth-order valence-electron chi connectivity index (χ4n) is 5.85. The van der Waals surface area contributed by atoms with Crippen LogP contribution < -0.4 is 10.6 Å². The first-order chi connectivity index (χ1) is 17.9. The van der Waals surface area contributed by atoms with Crippen molar-refractivity contribution in [3.05, 3.63) is 76.5 Å². The van der Waals surface area contributed by atoms with Gasteiger partial charge in [0.05, 0.1) is 16.9 Å². The number of aryl methyl sites for hydroxylation is 1. The summed E-state index contributed by atoms with van der Waals surface area (Å²) in [5.74, 6) is -0.783. The largest absolute Gasteiger partial charge is 0.368 e. The van der Waals surface area contributed by atoms with Gasteiger partial charge < -0.3 is 10.6 Å². The Bertz CT molecular complexity index is 1510. The minimum absolute atomic E-state index is 0.247. The number of halogens is 1. The third kappa shape index (κ3) is 4.23. The maximum absolute atomic E-state index is 14.4. The van der Waals surface area contributed by atoms with Gasteiger partial charge in [0.25, 0.3) is 5.91 Å². The molecule has 4 heterocycles. The van der Waals surface area contributed by atoms with E-state index in [1.54, 1.807) is 10.7 Å². The molecule has 1 fully saturated rings. The van der Waals surface area contributed by atoms with Crippen LogP contribution in [-0.2, 0) is 19.3 Å². The van der Waals surface area contributed by atoms with Gasteiger partial charge in [-0.15, -0.1) is 5.10 Å². The van der Waals surface area contributed by atoms with Gasteiger partial charge in [-0.3, -0.25) is 14.7 Å². The number of amides is 1. The van der Waals surface area contributed by atoms with Crippen LogP contribution in [0.2, 0.25) is 0 Å². The quantitative estimate of drug-likeness (QED) is 0.453. The number of piperazine rings is 1. The highest BCUT2D eigenvalue weighted by atomic mass is 19.1. The normalized spacial score (nSPS) is 17.6. The number of primary amides is 1. The number of hydrogen-bond donors (Lipinski definition) is 1. The smallest absolute Gasteiger partial charge is 0.271 e. The molecule has 0 spiro atoms. The summed E-state index contributed by atoms with van der Waals surface area (Å²) in [5, 5.41) is 9.22. The van der Waals surface area contributed by atoms with Gasteiger partial charge in [-0.05, 0) is 68.5 Å². The number of rotatable bonds is 5. The summed E-state index contributed by atoms with van der Waals surface area (Å²) >= 11 is 0. The minimum Gasteiger partial charge on any atom is -0.368 e. The number of pyridine rings is 1. The SMILES string of the molecule is Cc1ccc2c(N3CCN(CCc4cccc5c4CCc4c(C(N)=O)nnn4-5)[C@H](C)C3)cc(F)cc2n1. The number of benzene rings is 2. The van der Waals surface area contributed by atoms with Crippen molar-refractivity contribution in [1.82, 2.24) is 24.9 Å². The van der Waals surface area contributed by atoms with Gasteiger partial charge in [0.15, 0.2) is 5.69 Å². The molecule has 0 unspecified atom stereocenters. The van der Waals surface area contributed by atoms with Crippen LogP contribution in [0.5, 0.6) is 0 Å². The molecule has 2 aromatic carbocycles. The van der Waals surface area contributed by atoms with Gasteiger partial charge in [-0.25, -0.2) is 9.07 Å². The van der Waals surface area contributed by atoms with E-state index in [4.69, 9.17) is 5.73 Å².